The van der Waals surface area contributed by atoms with E-state index in [2.05, 4.69) is 42.0 Å². The maximum Gasteiger partial charge on any atom is 0.258 e. The molecule has 3 fully saturated rings. The third-order valence-corrected chi connectivity index (χ3v) is 12.2. The summed E-state index contributed by atoms with van der Waals surface area (Å²) in [4.78, 5) is 72.3. The van der Waals surface area contributed by atoms with E-state index in [1.807, 2.05) is 55.4 Å². The number of hydrogen-bond acceptors (Lipinski definition) is 11. The quantitative estimate of drug-likeness (QED) is 0.247. The number of amides is 4. The number of pyridine rings is 2. The fourth-order valence-electron chi connectivity index (χ4n) is 8.98. The van der Waals surface area contributed by atoms with Crippen LogP contribution in [-0.4, -0.2) is 103 Å². The molecule has 2 N–H and O–H groups in total. The molecule has 4 aromatic heterocycles. The lowest BCUT2D eigenvalue weighted by molar-refractivity contribution is -0.134. The second kappa shape index (κ2) is 15.9. The Kier molecular flexibility index (Phi) is 10.3. The van der Waals surface area contributed by atoms with Crippen LogP contribution < -0.4 is 25.2 Å². The number of aromatic nitrogens is 6. The second-order valence-electron chi connectivity index (χ2n) is 16.3. The summed E-state index contributed by atoms with van der Waals surface area (Å²) in [6.45, 7) is 8.56. The zero-order valence-electron chi connectivity index (χ0n) is 33.7. The first-order valence-electron chi connectivity index (χ1n) is 20.6. The Morgan fingerprint density at radius 2 is 1.69 bits per heavy atom. The molecule has 306 valence electrons. The number of ether oxygens (including phenoxy) is 1. The third kappa shape index (κ3) is 7.76. The van der Waals surface area contributed by atoms with Gasteiger partial charge >= 0.3 is 0 Å². The number of piperidine rings is 2. The van der Waals surface area contributed by atoms with E-state index >= 15 is 0 Å². The van der Waals surface area contributed by atoms with Crippen molar-refractivity contribution in [2.75, 3.05) is 54.4 Å². The van der Waals surface area contributed by atoms with Crippen LogP contribution in [0.15, 0.2) is 54.9 Å². The summed E-state index contributed by atoms with van der Waals surface area (Å²) in [5, 5.41) is 9.92. The SMILES string of the molecule is Cc1cc2cc(n1)-c1cnn(C)c1OCCC[C@@H](C)Cn1c(nc3ccc(N4CCN(C5CCN(c6ccc(C7CCC(=O)NC7=O)nc6)CC5)CC4=O)cc31)NC2=O. The first-order chi connectivity index (χ1) is 28.6. The van der Waals surface area contributed by atoms with Crippen molar-refractivity contribution in [2.45, 2.75) is 70.9 Å². The molecule has 8 heterocycles. The molecular weight excluding hydrogens is 751 g/mol. The second-order valence-corrected chi connectivity index (χ2v) is 16.3. The first kappa shape index (κ1) is 38.4. The van der Waals surface area contributed by atoms with E-state index in [9.17, 15) is 19.2 Å². The largest absolute Gasteiger partial charge is 0.477 e. The van der Waals surface area contributed by atoms with Gasteiger partial charge in [0.15, 0.2) is 0 Å². The number of carbonyl (C=O) groups excluding carboxylic acids is 4. The van der Waals surface area contributed by atoms with E-state index in [0.29, 0.717) is 79.6 Å². The highest BCUT2D eigenvalue weighted by Crippen LogP contribution is 2.33. The van der Waals surface area contributed by atoms with Crippen LogP contribution in [0, 0.1) is 12.8 Å². The van der Waals surface area contributed by atoms with Gasteiger partial charge in [-0.25, -0.2) is 9.67 Å². The van der Waals surface area contributed by atoms with Crippen LogP contribution in [0.5, 0.6) is 5.88 Å². The number of imidazole rings is 1. The Bertz CT molecular complexity index is 2430. The number of hydrogen-bond donors (Lipinski definition) is 2. The highest BCUT2D eigenvalue weighted by atomic mass is 16.5. The van der Waals surface area contributed by atoms with Crippen LogP contribution in [0.4, 0.5) is 17.3 Å². The van der Waals surface area contributed by atoms with Crippen molar-refractivity contribution in [3.05, 3.63) is 71.8 Å². The van der Waals surface area contributed by atoms with Crippen LogP contribution in [0.1, 0.15) is 73.1 Å². The summed E-state index contributed by atoms with van der Waals surface area (Å²) in [5.74, 6) is 0.177. The molecule has 2 atom stereocenters. The minimum atomic E-state index is -0.398. The Balaban J connectivity index is 0.881. The van der Waals surface area contributed by atoms with Crippen LogP contribution in [0.2, 0.25) is 0 Å². The van der Waals surface area contributed by atoms with Gasteiger partial charge in [0.1, 0.15) is 0 Å². The molecule has 0 saturated carbocycles. The predicted octanol–water partition coefficient (Wildman–Crippen LogP) is 4.43. The number of piperazine rings is 1. The zero-order chi connectivity index (χ0) is 40.8. The van der Waals surface area contributed by atoms with E-state index in [0.717, 1.165) is 73.3 Å². The highest BCUT2D eigenvalue weighted by Gasteiger charge is 2.33. The summed E-state index contributed by atoms with van der Waals surface area (Å²) >= 11 is 0. The number of fused-ring (bicyclic) bond motifs is 7. The molecule has 0 spiro atoms. The monoisotopic (exact) mass is 799 g/mol. The predicted molar refractivity (Wildman–Crippen MR) is 221 cm³/mol. The number of imide groups is 1. The topological polar surface area (TPSA) is 173 Å². The van der Waals surface area contributed by atoms with Crippen molar-refractivity contribution in [3.8, 4) is 17.1 Å². The summed E-state index contributed by atoms with van der Waals surface area (Å²) in [6.07, 6.45) is 7.92. The summed E-state index contributed by atoms with van der Waals surface area (Å²) < 4.78 is 10.0. The fraction of sp³-hybridized carbons (Fsp3) is 0.442. The van der Waals surface area contributed by atoms with Gasteiger partial charge in [0.25, 0.3) is 5.91 Å². The molecule has 0 aliphatic carbocycles. The van der Waals surface area contributed by atoms with E-state index in [1.165, 1.54) is 0 Å². The van der Waals surface area contributed by atoms with Crippen LogP contribution in [0.3, 0.4) is 0 Å². The molecule has 1 unspecified atom stereocenters. The van der Waals surface area contributed by atoms with Gasteiger partial charge in [0, 0.05) is 69.2 Å². The number of nitrogens with one attached hydrogen (secondary N) is 2. The Hall–Kier alpha value is -6.16. The maximum atomic E-state index is 13.9. The zero-order valence-corrected chi connectivity index (χ0v) is 33.7. The molecule has 2 bridgehead atoms. The maximum absolute atomic E-state index is 13.9. The molecule has 9 rings (SSSR count). The van der Waals surface area contributed by atoms with Gasteiger partial charge in [-0.2, -0.15) is 5.10 Å². The van der Waals surface area contributed by atoms with Gasteiger partial charge in [0.2, 0.25) is 29.5 Å². The average Bonchev–Trinajstić information content (AvgIpc) is 3.77. The van der Waals surface area contributed by atoms with Crippen molar-refractivity contribution in [1.82, 2.24) is 39.5 Å². The highest BCUT2D eigenvalue weighted by molar-refractivity contribution is 6.05. The smallest absolute Gasteiger partial charge is 0.258 e. The summed E-state index contributed by atoms with van der Waals surface area (Å²) in [7, 11) is 1.84. The number of anilines is 3. The first-order valence-corrected chi connectivity index (χ1v) is 20.6. The normalized spacial score (nSPS) is 21.3. The lowest BCUT2D eigenvalue weighted by Crippen LogP contribution is -2.55. The Morgan fingerprint density at radius 1 is 0.864 bits per heavy atom. The summed E-state index contributed by atoms with van der Waals surface area (Å²) in [6, 6.07) is 13.7. The van der Waals surface area contributed by atoms with Crippen LogP contribution in [0.25, 0.3) is 22.3 Å². The van der Waals surface area contributed by atoms with Crippen molar-refractivity contribution in [2.24, 2.45) is 13.0 Å². The lowest BCUT2D eigenvalue weighted by atomic mass is 9.94. The van der Waals surface area contributed by atoms with Gasteiger partial charge in [-0.05, 0) is 87.4 Å². The van der Waals surface area contributed by atoms with E-state index < -0.39 is 5.92 Å². The molecule has 16 heteroatoms. The van der Waals surface area contributed by atoms with Gasteiger partial charge < -0.3 is 19.1 Å². The molecule has 16 nitrogen and oxygen atoms in total. The van der Waals surface area contributed by atoms with Crippen molar-refractivity contribution >= 4 is 52.0 Å². The summed E-state index contributed by atoms with van der Waals surface area (Å²) in [5.41, 5.74) is 6.61. The fourth-order valence-corrected chi connectivity index (χ4v) is 8.98. The number of aryl methyl sites for hydroxylation is 2. The molecule has 4 aliphatic heterocycles. The molecule has 5 aromatic rings. The Labute approximate surface area is 341 Å². The van der Waals surface area contributed by atoms with Crippen molar-refractivity contribution in [1.29, 1.82) is 0 Å². The molecule has 4 aliphatic rings. The molecule has 59 heavy (non-hydrogen) atoms. The van der Waals surface area contributed by atoms with Crippen molar-refractivity contribution < 1.29 is 23.9 Å². The molecule has 4 amide bonds. The molecule has 0 radical (unpaired) electrons. The van der Waals surface area contributed by atoms with E-state index in [4.69, 9.17) is 14.7 Å². The van der Waals surface area contributed by atoms with Crippen LogP contribution in [-0.2, 0) is 28.0 Å². The number of benzene rings is 1. The number of rotatable bonds is 4. The van der Waals surface area contributed by atoms with E-state index in [1.54, 1.807) is 23.0 Å². The van der Waals surface area contributed by atoms with Gasteiger partial charge in [-0.15, -0.1) is 0 Å². The van der Waals surface area contributed by atoms with E-state index in [-0.39, 0.29) is 29.5 Å². The number of carbonyl (C=O) groups is 4. The number of nitrogens with zero attached hydrogens (tertiary/aromatic N) is 9. The minimum Gasteiger partial charge on any atom is -0.477 e. The van der Waals surface area contributed by atoms with Gasteiger partial charge in [0.05, 0.1) is 65.1 Å². The minimum absolute atomic E-state index is 0.0600. The van der Waals surface area contributed by atoms with Crippen LogP contribution >= 0.6 is 0 Å². The van der Waals surface area contributed by atoms with Crippen molar-refractivity contribution in [3.63, 3.8) is 0 Å². The standard InChI is InChI=1S/C43H49N11O5/c1-26-5-4-18-59-42-33(23-45-50(42)3)36-20-28(19-27(2)46-36)40(57)49-43-47-35-10-6-30(21-37(35)54(43)24-26)53-17-16-52(25-39(53)56)29-12-14-51(15-13-29)31-7-9-34(44-22-31)32-8-11-38(55)48-41(32)58/h6-7,9-10,19-23,26,29,32H,4-5,8,11-18,24-25H2,1-3H3,(H,47,49,57)(H,48,55,58)/t26-,32?/m1/s1. The third-order valence-electron chi connectivity index (χ3n) is 12.2. The Morgan fingerprint density at radius 3 is 2.47 bits per heavy atom. The molecule has 1 aromatic carbocycles. The lowest BCUT2D eigenvalue weighted by Gasteiger charge is -2.42. The molecular formula is C43H49N11O5. The molecule has 3 saturated heterocycles. The average molecular weight is 800 g/mol. The van der Waals surface area contributed by atoms with Gasteiger partial charge in [-0.3, -0.25) is 44.7 Å². The van der Waals surface area contributed by atoms with Gasteiger partial charge in [-0.1, -0.05) is 6.92 Å².